The van der Waals surface area contributed by atoms with Gasteiger partial charge in [0.05, 0.1) is 5.56 Å². The second-order valence-electron chi connectivity index (χ2n) is 6.72. The molecule has 0 unspecified atom stereocenters. The first kappa shape index (κ1) is 17.8. The van der Waals surface area contributed by atoms with Gasteiger partial charge in [-0.3, -0.25) is 0 Å². The van der Waals surface area contributed by atoms with E-state index in [4.69, 9.17) is 9.15 Å². The van der Waals surface area contributed by atoms with Gasteiger partial charge in [0.1, 0.15) is 5.75 Å². The van der Waals surface area contributed by atoms with Crippen molar-refractivity contribution in [3.8, 4) is 28.7 Å². The summed E-state index contributed by atoms with van der Waals surface area (Å²) in [7, 11) is 0. The van der Waals surface area contributed by atoms with E-state index in [9.17, 15) is 4.79 Å². The molecule has 0 saturated heterocycles. The summed E-state index contributed by atoms with van der Waals surface area (Å²) in [6.07, 6.45) is 0. The van der Waals surface area contributed by atoms with Crippen LogP contribution in [0.5, 0.6) is 5.75 Å². The number of benzene rings is 4. The van der Waals surface area contributed by atoms with E-state index < -0.39 is 5.97 Å². The molecule has 0 aliphatic heterocycles. The van der Waals surface area contributed by atoms with E-state index in [2.05, 4.69) is 10.2 Å². The Morgan fingerprint density at radius 3 is 2.07 bits per heavy atom. The number of aromatic nitrogens is 2. The third-order valence-electron chi connectivity index (χ3n) is 4.77. The molecule has 0 N–H and O–H groups in total. The van der Waals surface area contributed by atoms with Gasteiger partial charge in [0.25, 0.3) is 0 Å². The van der Waals surface area contributed by atoms with Crippen molar-refractivity contribution in [2.24, 2.45) is 0 Å². The summed E-state index contributed by atoms with van der Waals surface area (Å²) in [6.45, 7) is 0. The van der Waals surface area contributed by atoms with Crippen molar-refractivity contribution in [1.29, 1.82) is 0 Å². The molecule has 0 spiro atoms. The van der Waals surface area contributed by atoms with Crippen molar-refractivity contribution in [3.05, 3.63) is 103 Å². The van der Waals surface area contributed by atoms with Crippen molar-refractivity contribution in [2.75, 3.05) is 0 Å². The molecule has 4 aromatic carbocycles. The molecule has 1 heterocycles. The van der Waals surface area contributed by atoms with E-state index in [1.165, 1.54) is 0 Å². The molecule has 30 heavy (non-hydrogen) atoms. The zero-order valence-electron chi connectivity index (χ0n) is 15.9. The predicted octanol–water partition coefficient (Wildman–Crippen LogP) is 5.78. The Kier molecular flexibility index (Phi) is 4.54. The van der Waals surface area contributed by atoms with E-state index in [1.54, 1.807) is 30.3 Å². The van der Waals surface area contributed by atoms with E-state index in [-0.39, 0.29) is 0 Å². The Morgan fingerprint density at radius 2 is 1.30 bits per heavy atom. The Bertz CT molecular complexity index is 1320. The topological polar surface area (TPSA) is 65.2 Å². The second-order valence-corrected chi connectivity index (χ2v) is 6.72. The molecule has 0 bridgehead atoms. The van der Waals surface area contributed by atoms with Gasteiger partial charge in [-0.25, -0.2) is 4.79 Å². The lowest BCUT2D eigenvalue weighted by molar-refractivity contribution is 0.0737. The first-order valence-electron chi connectivity index (χ1n) is 9.47. The van der Waals surface area contributed by atoms with Crippen LogP contribution in [0.4, 0.5) is 0 Å². The largest absolute Gasteiger partial charge is 0.422 e. The molecule has 1 aromatic heterocycles. The average molecular weight is 392 g/mol. The highest BCUT2D eigenvalue weighted by molar-refractivity contribution is 5.95. The lowest BCUT2D eigenvalue weighted by atomic mass is 10.1. The molecule has 0 fully saturated rings. The van der Waals surface area contributed by atoms with Crippen molar-refractivity contribution in [2.45, 2.75) is 0 Å². The average Bonchev–Trinajstić information content (AvgIpc) is 3.30. The van der Waals surface area contributed by atoms with E-state index in [1.807, 2.05) is 66.7 Å². The third kappa shape index (κ3) is 3.44. The minimum absolute atomic E-state index is 0.392. The molecular weight excluding hydrogens is 376 g/mol. The zero-order valence-corrected chi connectivity index (χ0v) is 15.9. The summed E-state index contributed by atoms with van der Waals surface area (Å²) in [5.41, 5.74) is 2.02. The minimum Gasteiger partial charge on any atom is -0.422 e. The van der Waals surface area contributed by atoms with E-state index >= 15 is 0 Å². The summed E-state index contributed by atoms with van der Waals surface area (Å²) in [6, 6.07) is 29.9. The van der Waals surface area contributed by atoms with Crippen LogP contribution in [0.1, 0.15) is 10.4 Å². The molecule has 0 amide bonds. The highest BCUT2D eigenvalue weighted by Crippen LogP contribution is 2.27. The molecule has 0 aliphatic rings. The maximum Gasteiger partial charge on any atom is 0.343 e. The van der Waals surface area contributed by atoms with Crippen LogP contribution in [0.2, 0.25) is 0 Å². The summed E-state index contributed by atoms with van der Waals surface area (Å²) < 4.78 is 11.4. The highest BCUT2D eigenvalue weighted by atomic mass is 16.5. The van der Waals surface area contributed by atoms with Crippen LogP contribution in [-0.2, 0) is 0 Å². The smallest absolute Gasteiger partial charge is 0.343 e. The molecular formula is C25H16N2O3. The molecule has 144 valence electrons. The fraction of sp³-hybridized carbons (Fsp3) is 0. The van der Waals surface area contributed by atoms with Crippen LogP contribution < -0.4 is 4.74 Å². The Balaban J connectivity index is 1.36. The molecule has 0 radical (unpaired) electrons. The second kappa shape index (κ2) is 7.64. The molecule has 5 heteroatoms. The van der Waals surface area contributed by atoms with Crippen LogP contribution in [0.15, 0.2) is 101 Å². The highest BCUT2D eigenvalue weighted by Gasteiger charge is 2.14. The van der Waals surface area contributed by atoms with Gasteiger partial charge in [-0.2, -0.15) is 0 Å². The fourth-order valence-electron chi connectivity index (χ4n) is 3.23. The Morgan fingerprint density at radius 1 is 0.667 bits per heavy atom. The van der Waals surface area contributed by atoms with E-state index in [0.29, 0.717) is 23.1 Å². The first-order valence-corrected chi connectivity index (χ1v) is 9.47. The van der Waals surface area contributed by atoms with Crippen molar-refractivity contribution >= 4 is 16.7 Å². The number of carbonyl (C=O) groups is 1. The van der Waals surface area contributed by atoms with Crippen LogP contribution in [0.3, 0.4) is 0 Å². The monoisotopic (exact) mass is 392 g/mol. The van der Waals surface area contributed by atoms with E-state index in [0.717, 1.165) is 21.9 Å². The first-order chi connectivity index (χ1) is 14.8. The number of hydrogen-bond acceptors (Lipinski definition) is 5. The van der Waals surface area contributed by atoms with Gasteiger partial charge in [0.15, 0.2) is 0 Å². The Hall–Kier alpha value is -4.25. The van der Waals surface area contributed by atoms with Gasteiger partial charge in [-0.05, 0) is 47.9 Å². The molecule has 5 rings (SSSR count). The van der Waals surface area contributed by atoms with Crippen molar-refractivity contribution in [1.82, 2.24) is 10.2 Å². The molecule has 0 aliphatic carbocycles. The summed E-state index contributed by atoms with van der Waals surface area (Å²) in [5, 5.41) is 10.1. The predicted molar refractivity (Wildman–Crippen MR) is 114 cm³/mol. The molecule has 5 aromatic rings. The van der Waals surface area contributed by atoms with Crippen LogP contribution in [-0.4, -0.2) is 16.2 Å². The minimum atomic E-state index is -0.423. The molecule has 0 saturated carbocycles. The van der Waals surface area contributed by atoms with Gasteiger partial charge in [-0.15, -0.1) is 10.2 Å². The maximum absolute atomic E-state index is 12.6. The van der Waals surface area contributed by atoms with Gasteiger partial charge in [-0.1, -0.05) is 54.6 Å². The van der Waals surface area contributed by atoms with Gasteiger partial charge in [0, 0.05) is 16.5 Å². The van der Waals surface area contributed by atoms with Crippen molar-refractivity contribution in [3.63, 3.8) is 0 Å². The standard InChI is InChI=1S/C25H16N2O3/c28-25(29-22-12-6-10-17-7-4-5-11-21(17)22)20-15-13-19(14-16-20)24-27-26-23(30-24)18-8-2-1-3-9-18/h1-16H. The van der Waals surface area contributed by atoms with Crippen LogP contribution in [0, 0.1) is 0 Å². The lowest BCUT2D eigenvalue weighted by Crippen LogP contribution is -2.08. The summed E-state index contributed by atoms with van der Waals surface area (Å²) >= 11 is 0. The number of nitrogens with zero attached hydrogens (tertiary/aromatic N) is 2. The summed E-state index contributed by atoms with van der Waals surface area (Å²) in [4.78, 5) is 12.6. The number of fused-ring (bicyclic) bond motifs is 1. The molecule has 5 nitrogen and oxygen atoms in total. The fourth-order valence-corrected chi connectivity index (χ4v) is 3.23. The number of esters is 1. The van der Waals surface area contributed by atoms with Gasteiger partial charge in [0.2, 0.25) is 11.8 Å². The van der Waals surface area contributed by atoms with Crippen LogP contribution >= 0.6 is 0 Å². The SMILES string of the molecule is O=C(Oc1cccc2ccccc12)c1ccc(-c2nnc(-c3ccccc3)o2)cc1. The van der Waals surface area contributed by atoms with Crippen molar-refractivity contribution < 1.29 is 13.9 Å². The quantitative estimate of drug-likeness (QED) is 0.287. The summed E-state index contributed by atoms with van der Waals surface area (Å²) in [5.74, 6) is 0.952. The Labute approximate surface area is 172 Å². The number of rotatable bonds is 4. The number of carbonyl (C=O) groups excluding carboxylic acids is 1. The van der Waals surface area contributed by atoms with Crippen LogP contribution in [0.25, 0.3) is 33.7 Å². The molecule has 0 atom stereocenters. The lowest BCUT2D eigenvalue weighted by Gasteiger charge is -2.08. The normalized spacial score (nSPS) is 10.8. The number of hydrogen-bond donors (Lipinski definition) is 0. The van der Waals surface area contributed by atoms with Gasteiger partial charge < -0.3 is 9.15 Å². The number of ether oxygens (including phenoxy) is 1. The van der Waals surface area contributed by atoms with Gasteiger partial charge >= 0.3 is 5.97 Å². The maximum atomic E-state index is 12.6. The third-order valence-corrected chi connectivity index (χ3v) is 4.77. The zero-order chi connectivity index (χ0) is 20.3.